The molecule has 0 bridgehead atoms. The number of hydrogen-bond acceptors (Lipinski definition) is 4. The molecule has 0 radical (unpaired) electrons. The van der Waals surface area contributed by atoms with E-state index >= 15 is 0 Å². The molecule has 2 N–H and O–H groups in total. The van der Waals surface area contributed by atoms with Gasteiger partial charge in [0.1, 0.15) is 5.01 Å². The number of aryl methyl sites for hydroxylation is 1. The average Bonchev–Trinajstić information content (AvgIpc) is 2.75. The number of hydrogen-bond donors (Lipinski definition) is 2. The Morgan fingerprint density at radius 3 is 2.65 bits per heavy atom. The first-order valence-electron chi connectivity index (χ1n) is 5.62. The molecule has 2 aromatic rings. The van der Waals surface area contributed by atoms with Crippen LogP contribution in [0.1, 0.15) is 16.3 Å². The van der Waals surface area contributed by atoms with Crippen molar-refractivity contribution in [2.75, 3.05) is 11.9 Å². The molecule has 0 amide bonds. The second-order valence-electron chi connectivity index (χ2n) is 3.91. The molecule has 0 aliphatic heterocycles. The molecule has 0 spiro atoms. The molecule has 0 fully saturated rings. The van der Waals surface area contributed by atoms with Crippen LogP contribution in [0.5, 0.6) is 0 Å². The molecule has 1 heterocycles. The highest BCUT2D eigenvalue weighted by atomic mass is 32.1. The maximum atomic E-state index is 8.82. The lowest BCUT2D eigenvalue weighted by atomic mass is 10.1. The van der Waals surface area contributed by atoms with Crippen LogP contribution in [-0.4, -0.2) is 16.7 Å². The van der Waals surface area contributed by atoms with Crippen molar-refractivity contribution in [2.45, 2.75) is 19.9 Å². The van der Waals surface area contributed by atoms with E-state index in [-0.39, 0.29) is 6.61 Å². The molecule has 0 atom stereocenters. The van der Waals surface area contributed by atoms with E-state index < -0.39 is 0 Å². The summed E-state index contributed by atoms with van der Waals surface area (Å²) in [5.74, 6) is 0. The van der Waals surface area contributed by atoms with Crippen molar-refractivity contribution in [3.63, 3.8) is 0 Å². The molecule has 17 heavy (non-hydrogen) atoms. The van der Waals surface area contributed by atoms with Crippen LogP contribution >= 0.6 is 11.3 Å². The lowest BCUT2D eigenvalue weighted by Gasteiger charge is -2.05. The average molecular weight is 248 g/mol. The molecule has 0 unspecified atom stereocenters. The summed E-state index contributed by atoms with van der Waals surface area (Å²) in [6.45, 7) is 2.96. The third kappa shape index (κ3) is 3.54. The number of nitrogens with one attached hydrogen (secondary N) is 1. The van der Waals surface area contributed by atoms with E-state index in [1.807, 2.05) is 31.2 Å². The molecule has 1 aromatic heterocycles. The van der Waals surface area contributed by atoms with Gasteiger partial charge in [-0.3, -0.25) is 0 Å². The van der Waals surface area contributed by atoms with Gasteiger partial charge in [-0.1, -0.05) is 12.1 Å². The summed E-state index contributed by atoms with van der Waals surface area (Å²) >= 11 is 1.67. The van der Waals surface area contributed by atoms with E-state index in [9.17, 15) is 0 Å². The Labute approximate surface area is 105 Å². The standard InChI is InChI=1S/C13H16N2OS/c1-10-9-17-13(15-10)8-14-12-4-2-11(3-5-12)6-7-16/h2-5,9,14,16H,6-8H2,1H3. The van der Waals surface area contributed by atoms with Crippen molar-refractivity contribution < 1.29 is 5.11 Å². The van der Waals surface area contributed by atoms with Crippen LogP contribution in [0.4, 0.5) is 5.69 Å². The highest BCUT2D eigenvalue weighted by Gasteiger charge is 1.98. The van der Waals surface area contributed by atoms with Gasteiger partial charge >= 0.3 is 0 Å². The van der Waals surface area contributed by atoms with Crippen LogP contribution in [0.2, 0.25) is 0 Å². The van der Waals surface area contributed by atoms with Crippen LogP contribution in [0.3, 0.4) is 0 Å². The van der Waals surface area contributed by atoms with Gasteiger partial charge in [0.25, 0.3) is 0 Å². The van der Waals surface area contributed by atoms with E-state index in [4.69, 9.17) is 5.11 Å². The number of rotatable bonds is 5. The molecular weight excluding hydrogens is 232 g/mol. The quantitative estimate of drug-likeness (QED) is 0.855. The van der Waals surface area contributed by atoms with Crippen LogP contribution < -0.4 is 5.32 Å². The van der Waals surface area contributed by atoms with Gasteiger partial charge in [-0.25, -0.2) is 4.98 Å². The van der Waals surface area contributed by atoms with Crippen molar-refractivity contribution in [1.82, 2.24) is 4.98 Å². The van der Waals surface area contributed by atoms with Crippen LogP contribution in [0.25, 0.3) is 0 Å². The maximum Gasteiger partial charge on any atom is 0.112 e. The highest BCUT2D eigenvalue weighted by Crippen LogP contribution is 2.13. The molecule has 0 saturated heterocycles. The largest absolute Gasteiger partial charge is 0.396 e. The molecule has 0 aliphatic rings. The number of nitrogens with zero attached hydrogens (tertiary/aromatic N) is 1. The normalized spacial score (nSPS) is 10.5. The van der Waals surface area contributed by atoms with Crippen LogP contribution in [0.15, 0.2) is 29.6 Å². The first-order valence-corrected chi connectivity index (χ1v) is 6.50. The third-order valence-electron chi connectivity index (χ3n) is 2.46. The molecule has 1 aromatic carbocycles. The molecule has 90 valence electrons. The Hall–Kier alpha value is -1.39. The molecule has 0 aliphatic carbocycles. The van der Waals surface area contributed by atoms with Gasteiger partial charge in [0, 0.05) is 23.4 Å². The Morgan fingerprint density at radius 2 is 2.06 bits per heavy atom. The number of benzene rings is 1. The number of aromatic nitrogens is 1. The van der Waals surface area contributed by atoms with Crippen molar-refractivity contribution in [2.24, 2.45) is 0 Å². The lowest BCUT2D eigenvalue weighted by Crippen LogP contribution is -1.99. The van der Waals surface area contributed by atoms with Gasteiger partial charge in [0.2, 0.25) is 0 Å². The second kappa shape index (κ2) is 5.80. The number of thiazole rings is 1. The smallest absolute Gasteiger partial charge is 0.112 e. The predicted molar refractivity (Wildman–Crippen MR) is 71.4 cm³/mol. The van der Waals surface area contributed by atoms with Gasteiger partial charge in [-0.15, -0.1) is 11.3 Å². The fourth-order valence-corrected chi connectivity index (χ4v) is 2.29. The zero-order valence-corrected chi connectivity index (χ0v) is 10.6. The third-order valence-corrected chi connectivity index (χ3v) is 3.43. The fourth-order valence-electron chi connectivity index (χ4n) is 1.58. The van der Waals surface area contributed by atoms with Gasteiger partial charge in [-0.05, 0) is 31.0 Å². The summed E-state index contributed by atoms with van der Waals surface area (Å²) in [5, 5.41) is 15.3. The lowest BCUT2D eigenvalue weighted by molar-refractivity contribution is 0.299. The van der Waals surface area contributed by atoms with Crippen molar-refractivity contribution >= 4 is 17.0 Å². The van der Waals surface area contributed by atoms with E-state index in [0.717, 1.165) is 28.5 Å². The topological polar surface area (TPSA) is 45.1 Å². The number of aliphatic hydroxyl groups is 1. The second-order valence-corrected chi connectivity index (χ2v) is 4.85. The highest BCUT2D eigenvalue weighted by molar-refractivity contribution is 7.09. The van der Waals surface area contributed by atoms with Gasteiger partial charge in [-0.2, -0.15) is 0 Å². The van der Waals surface area contributed by atoms with E-state index in [1.54, 1.807) is 11.3 Å². The summed E-state index contributed by atoms with van der Waals surface area (Å²) in [6.07, 6.45) is 0.714. The van der Waals surface area contributed by atoms with E-state index in [1.165, 1.54) is 0 Å². The number of anilines is 1. The summed E-state index contributed by atoms with van der Waals surface area (Å²) in [6, 6.07) is 8.13. The zero-order chi connectivity index (χ0) is 12.1. The minimum Gasteiger partial charge on any atom is -0.396 e. The fraction of sp³-hybridized carbons (Fsp3) is 0.308. The molecule has 0 saturated carbocycles. The molecule has 4 heteroatoms. The van der Waals surface area contributed by atoms with Crippen molar-refractivity contribution in [1.29, 1.82) is 0 Å². The molecule has 3 nitrogen and oxygen atoms in total. The first kappa shape index (κ1) is 12.1. The van der Waals surface area contributed by atoms with Crippen LogP contribution in [-0.2, 0) is 13.0 Å². The summed E-state index contributed by atoms with van der Waals surface area (Å²) < 4.78 is 0. The summed E-state index contributed by atoms with van der Waals surface area (Å²) in [5.41, 5.74) is 3.31. The molecule has 2 rings (SSSR count). The van der Waals surface area contributed by atoms with E-state index in [2.05, 4.69) is 15.7 Å². The Bertz CT molecular complexity index is 465. The zero-order valence-electron chi connectivity index (χ0n) is 9.81. The minimum absolute atomic E-state index is 0.200. The Kier molecular flexibility index (Phi) is 4.12. The van der Waals surface area contributed by atoms with Crippen molar-refractivity contribution in [3.8, 4) is 0 Å². The van der Waals surface area contributed by atoms with Gasteiger partial charge < -0.3 is 10.4 Å². The summed E-state index contributed by atoms with van der Waals surface area (Å²) in [7, 11) is 0. The van der Waals surface area contributed by atoms with Crippen molar-refractivity contribution in [3.05, 3.63) is 45.9 Å². The Balaban J connectivity index is 1.90. The van der Waals surface area contributed by atoms with Gasteiger partial charge in [0.15, 0.2) is 0 Å². The van der Waals surface area contributed by atoms with Gasteiger partial charge in [0.05, 0.1) is 6.54 Å². The summed E-state index contributed by atoms with van der Waals surface area (Å²) in [4.78, 5) is 4.40. The Morgan fingerprint density at radius 1 is 1.29 bits per heavy atom. The SMILES string of the molecule is Cc1csc(CNc2ccc(CCO)cc2)n1. The molecular formula is C13H16N2OS. The monoisotopic (exact) mass is 248 g/mol. The van der Waals surface area contributed by atoms with Crippen LogP contribution in [0, 0.1) is 6.92 Å². The maximum absolute atomic E-state index is 8.82. The first-order chi connectivity index (χ1) is 8.28. The minimum atomic E-state index is 0.200. The number of aliphatic hydroxyl groups excluding tert-OH is 1. The van der Waals surface area contributed by atoms with E-state index in [0.29, 0.717) is 6.42 Å². The predicted octanol–water partition coefficient (Wildman–Crippen LogP) is 2.60.